The molecule has 0 N–H and O–H groups in total. The van der Waals surface area contributed by atoms with Gasteiger partial charge in [-0.2, -0.15) is 0 Å². The summed E-state index contributed by atoms with van der Waals surface area (Å²) in [6.45, 7) is 9.02. The molecule has 0 saturated heterocycles. The summed E-state index contributed by atoms with van der Waals surface area (Å²) >= 11 is 0. The Kier molecular flexibility index (Phi) is 7.35. The quantitative estimate of drug-likeness (QED) is 0.573. The summed E-state index contributed by atoms with van der Waals surface area (Å²) < 4.78 is 0. The van der Waals surface area contributed by atoms with Gasteiger partial charge in [-0.15, -0.1) is 0 Å². The third-order valence-electron chi connectivity index (χ3n) is 2.55. The van der Waals surface area contributed by atoms with Gasteiger partial charge in [0, 0.05) is 0 Å². The van der Waals surface area contributed by atoms with Gasteiger partial charge in [0.25, 0.3) is 0 Å². The van der Waals surface area contributed by atoms with Gasteiger partial charge in [0.05, 0.1) is 6.61 Å². The molecular weight excluding hydrogens is 160 g/mol. The number of hydrogen-bond acceptors (Lipinski definition) is 0. The van der Waals surface area contributed by atoms with E-state index in [0.29, 0.717) is 5.92 Å². The van der Waals surface area contributed by atoms with E-state index >= 15 is 0 Å². The van der Waals surface area contributed by atoms with Crippen molar-refractivity contribution in [1.29, 1.82) is 0 Å². The van der Waals surface area contributed by atoms with E-state index in [-0.39, 0.29) is 6.61 Å². The molecule has 0 fully saturated rings. The Morgan fingerprint density at radius 1 is 0.923 bits per heavy atom. The summed E-state index contributed by atoms with van der Waals surface area (Å²) in [5.74, 6) is 2.03. The van der Waals surface area contributed by atoms with Crippen LogP contribution in [0.1, 0.15) is 53.4 Å². The zero-order chi connectivity index (χ0) is 10.3. The molecule has 0 rings (SSSR count). The highest BCUT2D eigenvalue weighted by atomic mass is 16.3. The van der Waals surface area contributed by atoms with Crippen LogP contribution in [0.25, 0.3) is 0 Å². The fourth-order valence-electron chi connectivity index (χ4n) is 1.82. The Balaban J connectivity index is 3.31. The summed E-state index contributed by atoms with van der Waals surface area (Å²) in [5, 5.41) is 10.5. The monoisotopic (exact) mass is 185 g/mol. The molecular formula is C12H25O. The van der Waals surface area contributed by atoms with Crippen molar-refractivity contribution in [2.45, 2.75) is 53.4 Å². The van der Waals surface area contributed by atoms with E-state index in [1.54, 1.807) is 0 Å². The lowest BCUT2D eigenvalue weighted by atomic mass is 9.92. The Bertz CT molecular complexity index is 110. The topological polar surface area (TPSA) is 19.9 Å². The first-order chi connectivity index (χ1) is 6.06. The Morgan fingerprint density at radius 2 is 1.46 bits per heavy atom. The first-order valence-corrected chi connectivity index (χ1v) is 5.64. The molecule has 0 aromatic carbocycles. The van der Waals surface area contributed by atoms with Crippen LogP contribution in [0.2, 0.25) is 0 Å². The molecule has 13 heavy (non-hydrogen) atoms. The smallest absolute Gasteiger partial charge is 0.0847 e. The normalized spacial score (nSPS) is 16.2. The first kappa shape index (κ1) is 13.0. The van der Waals surface area contributed by atoms with Gasteiger partial charge in [-0.3, -0.25) is 0 Å². The third-order valence-corrected chi connectivity index (χ3v) is 2.55. The summed E-state index contributed by atoms with van der Waals surface area (Å²) in [7, 11) is 0. The first-order valence-electron chi connectivity index (χ1n) is 5.64. The van der Waals surface area contributed by atoms with Gasteiger partial charge in [0.2, 0.25) is 0 Å². The maximum atomic E-state index is 10.5. The van der Waals surface area contributed by atoms with E-state index < -0.39 is 0 Å². The molecule has 0 amide bonds. The molecule has 1 heteroatoms. The highest BCUT2D eigenvalue weighted by molar-refractivity contribution is 4.58. The van der Waals surface area contributed by atoms with Crippen molar-refractivity contribution in [2.24, 2.45) is 17.8 Å². The molecule has 0 aliphatic carbocycles. The molecule has 0 aliphatic heterocycles. The van der Waals surface area contributed by atoms with Crippen LogP contribution >= 0.6 is 0 Å². The molecule has 1 radical (unpaired) electrons. The van der Waals surface area contributed by atoms with Crippen LogP contribution in [-0.4, -0.2) is 6.61 Å². The molecule has 0 spiro atoms. The molecule has 0 aromatic heterocycles. The second-order valence-electron chi connectivity index (χ2n) is 4.94. The fraction of sp³-hybridized carbons (Fsp3) is 1.00. The van der Waals surface area contributed by atoms with Crippen LogP contribution in [0.4, 0.5) is 0 Å². The van der Waals surface area contributed by atoms with Crippen molar-refractivity contribution in [1.82, 2.24) is 0 Å². The Morgan fingerprint density at radius 3 is 1.92 bits per heavy atom. The van der Waals surface area contributed by atoms with Crippen LogP contribution in [0, 0.1) is 17.8 Å². The maximum absolute atomic E-state index is 10.5. The van der Waals surface area contributed by atoms with E-state index in [4.69, 9.17) is 0 Å². The van der Waals surface area contributed by atoms with E-state index in [2.05, 4.69) is 27.7 Å². The molecule has 0 aromatic rings. The number of hydrogen-bond donors (Lipinski definition) is 0. The van der Waals surface area contributed by atoms with E-state index in [9.17, 15) is 5.11 Å². The minimum absolute atomic E-state index is 0.0958. The molecule has 0 bridgehead atoms. The van der Waals surface area contributed by atoms with Gasteiger partial charge < -0.3 is 0 Å². The van der Waals surface area contributed by atoms with Crippen molar-refractivity contribution < 1.29 is 5.11 Å². The molecule has 0 aliphatic rings. The summed E-state index contributed by atoms with van der Waals surface area (Å²) in [6, 6.07) is 0. The highest BCUT2D eigenvalue weighted by Gasteiger charge is 2.06. The van der Waals surface area contributed by atoms with Crippen molar-refractivity contribution in [3.63, 3.8) is 0 Å². The standard InChI is InChI=1S/C12H25O/c1-10(2)8-11(3)6-5-7-12(4)9-13/h10-12H,5-9H2,1-4H3. The average Bonchev–Trinajstić information content (AvgIpc) is 2.02. The lowest BCUT2D eigenvalue weighted by Crippen LogP contribution is -2.03. The lowest BCUT2D eigenvalue weighted by molar-refractivity contribution is 0.144. The second-order valence-corrected chi connectivity index (χ2v) is 4.94. The van der Waals surface area contributed by atoms with Crippen LogP contribution < -0.4 is 0 Å². The average molecular weight is 185 g/mol. The number of rotatable bonds is 7. The van der Waals surface area contributed by atoms with Gasteiger partial charge in [-0.1, -0.05) is 40.5 Å². The molecule has 1 nitrogen and oxygen atoms in total. The van der Waals surface area contributed by atoms with Crippen LogP contribution in [0.3, 0.4) is 0 Å². The minimum atomic E-state index is 0.0958. The maximum Gasteiger partial charge on any atom is 0.0847 e. The zero-order valence-electron chi connectivity index (χ0n) is 9.68. The van der Waals surface area contributed by atoms with Gasteiger partial charge in [0.15, 0.2) is 0 Å². The highest BCUT2D eigenvalue weighted by Crippen LogP contribution is 2.18. The fourth-order valence-corrected chi connectivity index (χ4v) is 1.82. The predicted octanol–water partition coefficient (Wildman–Crippen LogP) is 3.91. The molecule has 79 valence electrons. The second kappa shape index (κ2) is 7.37. The van der Waals surface area contributed by atoms with E-state index in [1.807, 2.05) is 0 Å². The largest absolute Gasteiger partial charge is 0.236 e. The van der Waals surface area contributed by atoms with Gasteiger partial charge in [0.1, 0.15) is 0 Å². The Hall–Kier alpha value is -0.0400. The summed E-state index contributed by atoms with van der Waals surface area (Å²) in [5.41, 5.74) is 0. The third kappa shape index (κ3) is 8.29. The minimum Gasteiger partial charge on any atom is -0.236 e. The van der Waals surface area contributed by atoms with Crippen LogP contribution in [-0.2, 0) is 5.11 Å². The molecule has 0 saturated carbocycles. The van der Waals surface area contributed by atoms with Crippen LogP contribution in [0.15, 0.2) is 0 Å². The Labute approximate surface area is 83.5 Å². The van der Waals surface area contributed by atoms with E-state index in [0.717, 1.165) is 18.3 Å². The van der Waals surface area contributed by atoms with Crippen molar-refractivity contribution in [3.8, 4) is 0 Å². The van der Waals surface area contributed by atoms with Crippen molar-refractivity contribution >= 4 is 0 Å². The predicted molar refractivity (Wildman–Crippen MR) is 57.2 cm³/mol. The molecule has 2 atom stereocenters. The zero-order valence-corrected chi connectivity index (χ0v) is 9.68. The van der Waals surface area contributed by atoms with Crippen molar-refractivity contribution in [2.75, 3.05) is 6.61 Å². The van der Waals surface area contributed by atoms with Gasteiger partial charge in [-0.05, 0) is 30.6 Å². The van der Waals surface area contributed by atoms with Gasteiger partial charge in [-0.25, -0.2) is 5.11 Å². The van der Waals surface area contributed by atoms with Gasteiger partial charge >= 0.3 is 0 Å². The van der Waals surface area contributed by atoms with E-state index in [1.165, 1.54) is 19.3 Å². The SMILES string of the molecule is CC(C)CC(C)CCCC(C)C[O]. The lowest BCUT2D eigenvalue weighted by Gasteiger charge is -2.14. The molecule has 0 heterocycles. The summed E-state index contributed by atoms with van der Waals surface area (Å²) in [4.78, 5) is 0. The van der Waals surface area contributed by atoms with Crippen molar-refractivity contribution in [3.05, 3.63) is 0 Å². The summed E-state index contributed by atoms with van der Waals surface area (Å²) in [6.07, 6.45) is 4.97. The molecule has 2 unspecified atom stereocenters. The van der Waals surface area contributed by atoms with Crippen LogP contribution in [0.5, 0.6) is 0 Å².